The topological polar surface area (TPSA) is 58.6 Å². The summed E-state index contributed by atoms with van der Waals surface area (Å²) in [6.45, 7) is 0.480. The third-order valence-electron chi connectivity index (χ3n) is 2.41. The summed E-state index contributed by atoms with van der Waals surface area (Å²) in [5.74, 6) is 1.69. The van der Waals surface area contributed by atoms with E-state index in [0.29, 0.717) is 5.56 Å². The Labute approximate surface area is 111 Å². The van der Waals surface area contributed by atoms with Crippen molar-refractivity contribution in [2.75, 3.05) is 19.8 Å². The van der Waals surface area contributed by atoms with Crippen molar-refractivity contribution in [3.05, 3.63) is 35.6 Å². The van der Waals surface area contributed by atoms with E-state index in [9.17, 15) is 14.3 Å². The summed E-state index contributed by atoms with van der Waals surface area (Å²) in [5, 5.41) is 12.3. The Balaban J connectivity index is 2.26. The zero-order valence-electron chi connectivity index (χ0n) is 10.4. The Morgan fingerprint density at radius 3 is 2.79 bits per heavy atom. The predicted octanol–water partition coefficient (Wildman–Crippen LogP) is 1.02. The van der Waals surface area contributed by atoms with E-state index in [1.165, 1.54) is 24.3 Å². The van der Waals surface area contributed by atoms with Gasteiger partial charge in [0.1, 0.15) is 12.4 Å². The predicted molar refractivity (Wildman–Crippen MR) is 68.6 cm³/mol. The van der Waals surface area contributed by atoms with Crippen molar-refractivity contribution in [1.29, 1.82) is 0 Å². The fourth-order valence-electron chi connectivity index (χ4n) is 1.40. The summed E-state index contributed by atoms with van der Waals surface area (Å²) in [5.41, 5.74) is 0.547. The molecule has 0 heterocycles. The summed E-state index contributed by atoms with van der Waals surface area (Å²) in [4.78, 5) is 11.4. The second-order valence-electron chi connectivity index (χ2n) is 3.88. The number of aliphatic hydroxyl groups is 1. The van der Waals surface area contributed by atoms with E-state index in [1.54, 1.807) is 0 Å². The van der Waals surface area contributed by atoms with Gasteiger partial charge in [-0.3, -0.25) is 4.79 Å². The summed E-state index contributed by atoms with van der Waals surface area (Å²) in [6.07, 6.45) is 4.30. The number of rotatable bonds is 7. The van der Waals surface area contributed by atoms with Gasteiger partial charge in [-0.2, -0.15) is 0 Å². The first-order valence-corrected chi connectivity index (χ1v) is 5.85. The second kappa shape index (κ2) is 8.25. The lowest BCUT2D eigenvalue weighted by atomic mass is 10.1. The van der Waals surface area contributed by atoms with Gasteiger partial charge >= 0.3 is 0 Å². The van der Waals surface area contributed by atoms with Gasteiger partial charge in [0.05, 0.1) is 19.1 Å². The third-order valence-corrected chi connectivity index (χ3v) is 2.41. The number of halogens is 1. The van der Waals surface area contributed by atoms with E-state index in [0.717, 1.165) is 0 Å². The van der Waals surface area contributed by atoms with Crippen molar-refractivity contribution in [2.24, 2.45) is 0 Å². The van der Waals surface area contributed by atoms with Crippen molar-refractivity contribution in [2.45, 2.75) is 12.5 Å². The highest BCUT2D eigenvalue weighted by Crippen LogP contribution is 2.12. The molecule has 1 aromatic rings. The van der Waals surface area contributed by atoms with Crippen LogP contribution in [0.25, 0.3) is 0 Å². The minimum atomic E-state index is -0.865. The van der Waals surface area contributed by atoms with Gasteiger partial charge in [0.25, 0.3) is 0 Å². The maximum atomic E-state index is 12.7. The van der Waals surface area contributed by atoms with Crippen LogP contribution in [0.2, 0.25) is 0 Å². The fraction of sp³-hybridized carbons (Fsp3) is 0.357. The molecule has 19 heavy (non-hydrogen) atoms. The monoisotopic (exact) mass is 265 g/mol. The van der Waals surface area contributed by atoms with Crippen LogP contribution in [0.15, 0.2) is 24.3 Å². The highest BCUT2D eigenvalue weighted by Gasteiger charge is 2.09. The lowest BCUT2D eigenvalue weighted by molar-refractivity contribution is -0.122. The zero-order valence-corrected chi connectivity index (χ0v) is 10.4. The van der Waals surface area contributed by atoms with Gasteiger partial charge in [-0.1, -0.05) is 18.1 Å². The van der Waals surface area contributed by atoms with Crippen LogP contribution in [0.4, 0.5) is 4.39 Å². The SMILES string of the molecule is C#CCOCCC(=O)NCC(O)c1ccc(F)cc1. The van der Waals surface area contributed by atoms with Crippen LogP contribution in [-0.4, -0.2) is 30.8 Å². The first-order valence-electron chi connectivity index (χ1n) is 5.85. The van der Waals surface area contributed by atoms with Crippen LogP contribution in [0, 0.1) is 18.2 Å². The molecule has 0 fully saturated rings. The van der Waals surface area contributed by atoms with E-state index in [1.807, 2.05) is 0 Å². The first-order chi connectivity index (χ1) is 9.13. The fourth-order valence-corrected chi connectivity index (χ4v) is 1.40. The minimum absolute atomic E-state index is 0.0691. The van der Waals surface area contributed by atoms with Gasteiger partial charge in [0, 0.05) is 6.54 Å². The van der Waals surface area contributed by atoms with E-state index in [4.69, 9.17) is 11.2 Å². The second-order valence-corrected chi connectivity index (χ2v) is 3.88. The molecule has 4 nitrogen and oxygen atoms in total. The van der Waals surface area contributed by atoms with Gasteiger partial charge < -0.3 is 15.2 Å². The molecule has 1 unspecified atom stereocenters. The number of hydrogen-bond donors (Lipinski definition) is 2. The smallest absolute Gasteiger partial charge is 0.222 e. The summed E-state index contributed by atoms with van der Waals surface area (Å²) < 4.78 is 17.6. The largest absolute Gasteiger partial charge is 0.387 e. The normalized spacial score (nSPS) is 11.6. The molecule has 1 amide bonds. The lowest BCUT2D eigenvalue weighted by Gasteiger charge is -2.12. The molecular formula is C14H16FNO3. The van der Waals surface area contributed by atoms with Crippen molar-refractivity contribution in [3.8, 4) is 12.3 Å². The molecule has 1 atom stereocenters. The van der Waals surface area contributed by atoms with E-state index < -0.39 is 6.10 Å². The van der Waals surface area contributed by atoms with Gasteiger partial charge in [-0.25, -0.2) is 4.39 Å². The maximum absolute atomic E-state index is 12.7. The average molecular weight is 265 g/mol. The molecule has 1 rings (SSSR count). The van der Waals surface area contributed by atoms with Crippen molar-refractivity contribution >= 4 is 5.91 Å². The molecule has 5 heteroatoms. The summed E-state index contributed by atoms with van der Waals surface area (Å²) in [6, 6.07) is 5.46. The molecular weight excluding hydrogens is 249 g/mol. The highest BCUT2D eigenvalue weighted by atomic mass is 19.1. The van der Waals surface area contributed by atoms with E-state index in [2.05, 4.69) is 11.2 Å². The Morgan fingerprint density at radius 1 is 1.47 bits per heavy atom. The van der Waals surface area contributed by atoms with Crippen LogP contribution in [0.5, 0.6) is 0 Å². The molecule has 0 aliphatic carbocycles. The van der Waals surface area contributed by atoms with Crippen LogP contribution in [0.3, 0.4) is 0 Å². The van der Waals surface area contributed by atoms with Gasteiger partial charge in [-0.05, 0) is 17.7 Å². The Bertz CT molecular complexity index is 439. The first kappa shape index (κ1) is 15.2. The van der Waals surface area contributed by atoms with Crippen molar-refractivity contribution in [1.82, 2.24) is 5.32 Å². The van der Waals surface area contributed by atoms with Crippen LogP contribution in [-0.2, 0) is 9.53 Å². The average Bonchev–Trinajstić information content (AvgIpc) is 2.42. The number of aliphatic hydroxyl groups excluding tert-OH is 1. The number of carbonyl (C=O) groups excluding carboxylic acids is 1. The number of carbonyl (C=O) groups is 1. The summed E-state index contributed by atoms with van der Waals surface area (Å²) in [7, 11) is 0. The van der Waals surface area contributed by atoms with Crippen molar-refractivity contribution in [3.63, 3.8) is 0 Å². The van der Waals surface area contributed by atoms with Gasteiger partial charge in [0.15, 0.2) is 0 Å². The summed E-state index contributed by atoms with van der Waals surface area (Å²) >= 11 is 0. The number of terminal acetylenes is 1. The zero-order chi connectivity index (χ0) is 14.1. The van der Waals surface area contributed by atoms with Crippen LogP contribution < -0.4 is 5.32 Å². The molecule has 2 N–H and O–H groups in total. The molecule has 102 valence electrons. The lowest BCUT2D eigenvalue weighted by Crippen LogP contribution is -2.29. The molecule has 0 spiro atoms. The Morgan fingerprint density at radius 2 is 2.16 bits per heavy atom. The molecule has 0 aromatic heterocycles. The third kappa shape index (κ3) is 6.00. The standard InChI is InChI=1S/C14H16FNO3/c1-2-8-19-9-7-14(18)16-10-13(17)11-3-5-12(15)6-4-11/h1,3-6,13,17H,7-10H2,(H,16,18). The van der Waals surface area contributed by atoms with Crippen molar-refractivity contribution < 1.29 is 19.0 Å². The minimum Gasteiger partial charge on any atom is -0.387 e. The quantitative estimate of drug-likeness (QED) is 0.571. The molecule has 0 saturated carbocycles. The maximum Gasteiger partial charge on any atom is 0.222 e. The van der Waals surface area contributed by atoms with Gasteiger partial charge in [0.2, 0.25) is 5.91 Å². The molecule has 0 aliphatic heterocycles. The highest BCUT2D eigenvalue weighted by molar-refractivity contribution is 5.75. The molecule has 0 bridgehead atoms. The number of hydrogen-bond acceptors (Lipinski definition) is 3. The number of benzene rings is 1. The number of nitrogens with one attached hydrogen (secondary N) is 1. The Kier molecular flexibility index (Phi) is 6.58. The van der Waals surface area contributed by atoms with Gasteiger partial charge in [-0.15, -0.1) is 6.42 Å². The molecule has 0 saturated heterocycles. The molecule has 1 aromatic carbocycles. The van der Waals surface area contributed by atoms with E-state index in [-0.39, 0.29) is 37.9 Å². The molecule has 0 aliphatic rings. The van der Waals surface area contributed by atoms with E-state index >= 15 is 0 Å². The van der Waals surface area contributed by atoms with Crippen LogP contribution >= 0.6 is 0 Å². The van der Waals surface area contributed by atoms with Crippen LogP contribution in [0.1, 0.15) is 18.1 Å². The Hall–Kier alpha value is -1.90. The number of amides is 1. The molecule has 0 radical (unpaired) electrons. The number of ether oxygens (including phenoxy) is 1.